The van der Waals surface area contributed by atoms with Crippen molar-refractivity contribution in [1.82, 2.24) is 4.90 Å². The summed E-state index contributed by atoms with van der Waals surface area (Å²) in [6.07, 6.45) is 0.484. The fraction of sp³-hybridized carbons (Fsp3) is 0.316. The van der Waals surface area contributed by atoms with E-state index in [0.29, 0.717) is 34.4 Å². The molecule has 3 rings (SSSR count). The van der Waals surface area contributed by atoms with Crippen LogP contribution in [0, 0.1) is 11.7 Å². The van der Waals surface area contributed by atoms with Crippen LogP contribution in [0.3, 0.4) is 0 Å². The lowest BCUT2D eigenvalue weighted by Crippen LogP contribution is -2.21. The van der Waals surface area contributed by atoms with Crippen molar-refractivity contribution in [2.75, 3.05) is 32.1 Å². The predicted molar refractivity (Wildman–Crippen MR) is 97.4 cm³/mol. The lowest BCUT2D eigenvalue weighted by molar-refractivity contribution is 0.142. The van der Waals surface area contributed by atoms with Crippen LogP contribution in [0.15, 0.2) is 42.5 Å². The molecule has 0 bridgehead atoms. The van der Waals surface area contributed by atoms with Gasteiger partial charge in [0, 0.05) is 28.6 Å². The molecule has 1 saturated heterocycles. The Kier molecular flexibility index (Phi) is 5.56. The SMILES string of the molecule is CN1CC[C@@H](COC(=O)Nc2ccccc2-c2cc(Cl)ccc2F)C1. The Bertz CT molecular complexity index is 769. The first-order valence-electron chi connectivity index (χ1n) is 8.19. The Hall–Kier alpha value is -2.11. The van der Waals surface area contributed by atoms with E-state index >= 15 is 0 Å². The number of ether oxygens (including phenoxy) is 1. The fourth-order valence-electron chi connectivity index (χ4n) is 3.03. The van der Waals surface area contributed by atoms with Gasteiger partial charge in [0.1, 0.15) is 5.82 Å². The Balaban J connectivity index is 1.70. The van der Waals surface area contributed by atoms with Crippen LogP contribution in [0.1, 0.15) is 6.42 Å². The van der Waals surface area contributed by atoms with Crippen LogP contribution in [-0.2, 0) is 4.74 Å². The summed E-state index contributed by atoms with van der Waals surface area (Å²) in [5, 5.41) is 3.14. The monoisotopic (exact) mass is 362 g/mol. The summed E-state index contributed by atoms with van der Waals surface area (Å²) in [6.45, 7) is 2.33. The zero-order valence-corrected chi connectivity index (χ0v) is 14.7. The fourth-order valence-corrected chi connectivity index (χ4v) is 3.20. The number of hydrogen-bond donors (Lipinski definition) is 1. The number of benzene rings is 2. The number of carbonyl (C=O) groups is 1. The number of hydrogen-bond acceptors (Lipinski definition) is 3. The van der Waals surface area contributed by atoms with Gasteiger partial charge in [0.15, 0.2) is 0 Å². The first-order chi connectivity index (χ1) is 12.0. The molecule has 1 heterocycles. The lowest BCUT2D eigenvalue weighted by Gasteiger charge is -2.14. The molecule has 0 saturated carbocycles. The smallest absolute Gasteiger partial charge is 0.411 e. The molecule has 0 aliphatic carbocycles. The summed E-state index contributed by atoms with van der Waals surface area (Å²) in [5.74, 6) is -0.0441. The number of halogens is 2. The van der Waals surface area contributed by atoms with E-state index in [1.54, 1.807) is 24.3 Å². The number of anilines is 1. The summed E-state index contributed by atoms with van der Waals surface area (Å²) >= 11 is 5.98. The number of nitrogens with one attached hydrogen (secondary N) is 1. The van der Waals surface area contributed by atoms with Gasteiger partial charge in [-0.3, -0.25) is 5.32 Å². The molecule has 2 aromatic rings. The standard InChI is InChI=1S/C19H20ClFN2O2/c1-23-9-8-13(11-23)12-25-19(24)22-18-5-3-2-4-15(18)16-10-14(20)6-7-17(16)21/h2-7,10,13H,8-9,11-12H2,1H3,(H,22,24)/t13-/m1/s1. The Morgan fingerprint density at radius 3 is 2.88 bits per heavy atom. The van der Waals surface area contributed by atoms with Crippen molar-refractivity contribution >= 4 is 23.4 Å². The first-order valence-corrected chi connectivity index (χ1v) is 8.57. The summed E-state index contributed by atoms with van der Waals surface area (Å²) in [6, 6.07) is 11.3. The largest absolute Gasteiger partial charge is 0.449 e. The van der Waals surface area contributed by atoms with Crippen LogP contribution in [-0.4, -0.2) is 37.7 Å². The highest BCUT2D eigenvalue weighted by molar-refractivity contribution is 6.30. The van der Waals surface area contributed by atoms with E-state index in [1.165, 1.54) is 18.2 Å². The Morgan fingerprint density at radius 1 is 1.32 bits per heavy atom. The predicted octanol–water partition coefficient (Wildman–Crippen LogP) is 4.65. The molecule has 132 valence electrons. The van der Waals surface area contributed by atoms with E-state index in [9.17, 15) is 9.18 Å². The minimum atomic E-state index is -0.538. The molecule has 1 aliphatic heterocycles. The van der Waals surface area contributed by atoms with Crippen LogP contribution >= 0.6 is 11.6 Å². The molecule has 1 atom stereocenters. The van der Waals surface area contributed by atoms with Gasteiger partial charge in [0.2, 0.25) is 0 Å². The maximum absolute atomic E-state index is 14.2. The van der Waals surface area contributed by atoms with Crippen LogP contribution < -0.4 is 5.32 Å². The maximum atomic E-state index is 14.2. The summed E-state index contributed by atoms with van der Waals surface area (Å²) in [5.41, 5.74) is 1.37. The van der Waals surface area contributed by atoms with Gasteiger partial charge in [-0.2, -0.15) is 0 Å². The number of para-hydroxylation sites is 1. The minimum Gasteiger partial charge on any atom is -0.449 e. The van der Waals surface area contributed by atoms with Crippen molar-refractivity contribution in [1.29, 1.82) is 0 Å². The molecular formula is C19H20ClFN2O2. The maximum Gasteiger partial charge on any atom is 0.411 e. The van der Waals surface area contributed by atoms with Gasteiger partial charge in [0.25, 0.3) is 0 Å². The second kappa shape index (κ2) is 7.85. The normalized spacial score (nSPS) is 17.5. The average Bonchev–Trinajstić information content (AvgIpc) is 3.01. The van der Waals surface area contributed by atoms with E-state index in [4.69, 9.17) is 16.3 Å². The van der Waals surface area contributed by atoms with Crippen molar-refractivity contribution in [3.05, 3.63) is 53.3 Å². The number of nitrogens with zero attached hydrogens (tertiary/aromatic N) is 1. The van der Waals surface area contributed by atoms with Gasteiger partial charge in [-0.15, -0.1) is 0 Å². The Labute approximate surface area is 151 Å². The topological polar surface area (TPSA) is 41.6 Å². The van der Waals surface area contributed by atoms with Crippen molar-refractivity contribution in [3.8, 4) is 11.1 Å². The Morgan fingerprint density at radius 2 is 2.12 bits per heavy atom. The highest BCUT2D eigenvalue weighted by Crippen LogP contribution is 2.32. The number of amides is 1. The molecule has 1 amide bonds. The van der Waals surface area contributed by atoms with Gasteiger partial charge in [0.05, 0.1) is 12.3 Å². The van der Waals surface area contributed by atoms with E-state index in [1.807, 2.05) is 0 Å². The quantitative estimate of drug-likeness (QED) is 0.861. The van der Waals surface area contributed by atoms with Gasteiger partial charge < -0.3 is 9.64 Å². The third-order valence-electron chi connectivity index (χ3n) is 4.32. The van der Waals surface area contributed by atoms with E-state index < -0.39 is 11.9 Å². The molecule has 1 fully saturated rings. The third kappa shape index (κ3) is 4.50. The van der Waals surface area contributed by atoms with E-state index in [2.05, 4.69) is 17.3 Å². The number of rotatable bonds is 4. The van der Waals surface area contributed by atoms with Crippen LogP contribution in [0.25, 0.3) is 11.1 Å². The lowest BCUT2D eigenvalue weighted by atomic mass is 10.0. The molecule has 0 unspecified atom stereocenters. The number of likely N-dealkylation sites (tertiary alicyclic amines) is 1. The van der Waals surface area contributed by atoms with Gasteiger partial charge in [-0.25, -0.2) is 9.18 Å². The van der Waals surface area contributed by atoms with E-state index in [-0.39, 0.29) is 0 Å². The van der Waals surface area contributed by atoms with Crippen LogP contribution in [0.4, 0.5) is 14.9 Å². The second-order valence-corrected chi connectivity index (χ2v) is 6.75. The van der Waals surface area contributed by atoms with Crippen molar-refractivity contribution in [2.24, 2.45) is 5.92 Å². The molecule has 4 nitrogen and oxygen atoms in total. The molecule has 0 aromatic heterocycles. The molecule has 2 aromatic carbocycles. The molecular weight excluding hydrogens is 343 g/mol. The third-order valence-corrected chi connectivity index (χ3v) is 4.56. The highest BCUT2D eigenvalue weighted by Gasteiger charge is 2.21. The number of carbonyl (C=O) groups excluding carboxylic acids is 1. The van der Waals surface area contributed by atoms with Crippen molar-refractivity contribution < 1.29 is 13.9 Å². The van der Waals surface area contributed by atoms with Crippen LogP contribution in [0.5, 0.6) is 0 Å². The molecule has 1 N–H and O–H groups in total. The molecule has 0 radical (unpaired) electrons. The van der Waals surface area contributed by atoms with Gasteiger partial charge in [-0.1, -0.05) is 29.8 Å². The van der Waals surface area contributed by atoms with Crippen LogP contribution in [0.2, 0.25) is 5.02 Å². The summed E-state index contributed by atoms with van der Waals surface area (Å²) < 4.78 is 19.5. The van der Waals surface area contributed by atoms with E-state index in [0.717, 1.165) is 19.5 Å². The molecule has 25 heavy (non-hydrogen) atoms. The summed E-state index contributed by atoms with van der Waals surface area (Å²) in [7, 11) is 2.05. The van der Waals surface area contributed by atoms with Gasteiger partial charge in [-0.05, 0) is 44.3 Å². The molecule has 6 heteroatoms. The zero-order chi connectivity index (χ0) is 17.8. The first kappa shape index (κ1) is 17.7. The van der Waals surface area contributed by atoms with Gasteiger partial charge >= 0.3 is 6.09 Å². The molecule has 0 spiro atoms. The highest BCUT2D eigenvalue weighted by atomic mass is 35.5. The summed E-state index contributed by atoms with van der Waals surface area (Å²) in [4.78, 5) is 14.3. The van der Waals surface area contributed by atoms with Crippen molar-refractivity contribution in [2.45, 2.75) is 6.42 Å². The van der Waals surface area contributed by atoms with Crippen molar-refractivity contribution in [3.63, 3.8) is 0 Å². The zero-order valence-electron chi connectivity index (χ0n) is 14.0. The molecule has 1 aliphatic rings. The minimum absolute atomic E-state index is 0.334. The second-order valence-electron chi connectivity index (χ2n) is 6.31. The average molecular weight is 363 g/mol.